The molecule has 0 saturated heterocycles. The Bertz CT molecular complexity index is 882. The van der Waals surface area contributed by atoms with Gasteiger partial charge in [-0.3, -0.25) is 0 Å². The van der Waals surface area contributed by atoms with Gasteiger partial charge in [0, 0.05) is 34.3 Å². The van der Waals surface area contributed by atoms with Crippen LogP contribution in [0.15, 0.2) is 54.0 Å². The SMILES string of the molecule is NCCOc1ncccc1/C=C1\c2ccccc2-c2sccc21. The van der Waals surface area contributed by atoms with Crippen molar-refractivity contribution in [1.82, 2.24) is 4.98 Å². The highest BCUT2D eigenvalue weighted by atomic mass is 32.1. The lowest BCUT2D eigenvalue weighted by molar-refractivity contribution is 0.315. The zero-order valence-corrected chi connectivity index (χ0v) is 13.3. The number of aromatic nitrogens is 1. The molecule has 4 rings (SSSR count). The second kappa shape index (κ2) is 5.99. The quantitative estimate of drug-likeness (QED) is 0.617. The van der Waals surface area contributed by atoms with E-state index in [4.69, 9.17) is 10.5 Å². The molecule has 0 aliphatic heterocycles. The van der Waals surface area contributed by atoms with Crippen LogP contribution in [0.25, 0.3) is 22.1 Å². The zero-order chi connectivity index (χ0) is 15.6. The van der Waals surface area contributed by atoms with Gasteiger partial charge in [-0.15, -0.1) is 11.3 Å². The maximum Gasteiger partial charge on any atom is 0.220 e. The van der Waals surface area contributed by atoms with Gasteiger partial charge in [0.2, 0.25) is 5.88 Å². The fraction of sp³-hybridized carbons (Fsp3) is 0.105. The smallest absolute Gasteiger partial charge is 0.220 e. The summed E-state index contributed by atoms with van der Waals surface area (Å²) in [5.74, 6) is 0.631. The molecule has 1 aliphatic carbocycles. The van der Waals surface area contributed by atoms with Gasteiger partial charge < -0.3 is 10.5 Å². The van der Waals surface area contributed by atoms with E-state index in [0.717, 1.165) is 5.56 Å². The van der Waals surface area contributed by atoms with Gasteiger partial charge in [0.05, 0.1) is 0 Å². The first-order chi connectivity index (χ1) is 11.4. The first kappa shape index (κ1) is 14.2. The third-order valence-corrected chi connectivity index (χ3v) is 4.82. The minimum atomic E-state index is 0.466. The fourth-order valence-corrected chi connectivity index (χ4v) is 3.84. The van der Waals surface area contributed by atoms with Crippen LogP contribution in [-0.2, 0) is 0 Å². The molecule has 0 amide bonds. The predicted molar refractivity (Wildman–Crippen MR) is 95.5 cm³/mol. The second-order valence-corrected chi connectivity index (χ2v) is 6.22. The molecule has 0 atom stereocenters. The average molecular weight is 320 g/mol. The monoisotopic (exact) mass is 320 g/mol. The Hall–Kier alpha value is -2.43. The molecule has 0 spiro atoms. The van der Waals surface area contributed by atoms with E-state index in [2.05, 4.69) is 46.8 Å². The van der Waals surface area contributed by atoms with Crippen LogP contribution >= 0.6 is 11.3 Å². The molecule has 0 unspecified atom stereocenters. The number of hydrogen-bond acceptors (Lipinski definition) is 4. The summed E-state index contributed by atoms with van der Waals surface area (Å²) in [5, 5.41) is 2.14. The fourth-order valence-electron chi connectivity index (χ4n) is 2.89. The van der Waals surface area contributed by atoms with E-state index >= 15 is 0 Å². The lowest BCUT2D eigenvalue weighted by atomic mass is 10.0. The molecule has 1 aliphatic rings. The molecule has 1 aromatic carbocycles. The van der Waals surface area contributed by atoms with Crippen molar-refractivity contribution in [2.75, 3.05) is 13.2 Å². The largest absolute Gasteiger partial charge is 0.476 e. The molecule has 0 radical (unpaired) electrons. The van der Waals surface area contributed by atoms with Crippen LogP contribution in [0.1, 0.15) is 16.7 Å². The lowest BCUT2D eigenvalue weighted by Gasteiger charge is -2.08. The van der Waals surface area contributed by atoms with E-state index in [1.165, 1.54) is 27.1 Å². The maximum atomic E-state index is 5.68. The van der Waals surface area contributed by atoms with Gasteiger partial charge in [0.15, 0.2) is 0 Å². The Balaban J connectivity index is 1.84. The van der Waals surface area contributed by atoms with Crippen molar-refractivity contribution in [1.29, 1.82) is 0 Å². The molecule has 0 saturated carbocycles. The van der Waals surface area contributed by atoms with Crippen LogP contribution in [0.5, 0.6) is 5.88 Å². The van der Waals surface area contributed by atoms with E-state index in [9.17, 15) is 0 Å². The molecule has 2 aromatic heterocycles. The van der Waals surface area contributed by atoms with E-state index in [0.29, 0.717) is 19.0 Å². The highest BCUT2D eigenvalue weighted by Crippen LogP contribution is 2.47. The summed E-state index contributed by atoms with van der Waals surface area (Å²) in [5.41, 5.74) is 11.6. The van der Waals surface area contributed by atoms with Crippen molar-refractivity contribution in [3.63, 3.8) is 0 Å². The minimum absolute atomic E-state index is 0.466. The van der Waals surface area contributed by atoms with Crippen LogP contribution in [0.3, 0.4) is 0 Å². The van der Waals surface area contributed by atoms with Crippen LogP contribution in [-0.4, -0.2) is 18.1 Å². The zero-order valence-electron chi connectivity index (χ0n) is 12.5. The molecule has 2 heterocycles. The van der Waals surface area contributed by atoms with Crippen molar-refractivity contribution >= 4 is 23.0 Å². The van der Waals surface area contributed by atoms with Crippen molar-refractivity contribution in [3.05, 3.63) is 70.7 Å². The minimum Gasteiger partial charge on any atom is -0.476 e. The van der Waals surface area contributed by atoms with Crippen LogP contribution in [0.2, 0.25) is 0 Å². The lowest BCUT2D eigenvalue weighted by Crippen LogP contribution is -2.11. The number of ether oxygens (including phenoxy) is 1. The normalized spacial score (nSPS) is 13.9. The van der Waals surface area contributed by atoms with Crippen molar-refractivity contribution in [2.24, 2.45) is 5.73 Å². The Morgan fingerprint density at radius 2 is 1.91 bits per heavy atom. The number of nitrogens with zero attached hydrogens (tertiary/aromatic N) is 1. The maximum absolute atomic E-state index is 5.68. The van der Waals surface area contributed by atoms with Gasteiger partial charge in [-0.05, 0) is 40.8 Å². The number of pyridine rings is 1. The second-order valence-electron chi connectivity index (χ2n) is 5.30. The van der Waals surface area contributed by atoms with Crippen molar-refractivity contribution < 1.29 is 4.74 Å². The summed E-state index contributed by atoms with van der Waals surface area (Å²) in [7, 11) is 0. The first-order valence-electron chi connectivity index (χ1n) is 7.55. The topological polar surface area (TPSA) is 48.1 Å². The van der Waals surface area contributed by atoms with Gasteiger partial charge in [-0.2, -0.15) is 0 Å². The summed E-state index contributed by atoms with van der Waals surface area (Å²) in [4.78, 5) is 5.67. The molecular formula is C19H16N2OS. The number of thiophene rings is 1. The molecule has 23 heavy (non-hydrogen) atoms. The van der Waals surface area contributed by atoms with Crippen molar-refractivity contribution in [2.45, 2.75) is 0 Å². The van der Waals surface area contributed by atoms with E-state index in [1.807, 2.05) is 12.1 Å². The first-order valence-corrected chi connectivity index (χ1v) is 8.43. The molecule has 0 fully saturated rings. The summed E-state index contributed by atoms with van der Waals surface area (Å²) >= 11 is 1.78. The van der Waals surface area contributed by atoms with Gasteiger partial charge in [-0.1, -0.05) is 24.3 Å². The van der Waals surface area contributed by atoms with E-state index in [-0.39, 0.29) is 0 Å². The highest BCUT2D eigenvalue weighted by molar-refractivity contribution is 7.14. The van der Waals surface area contributed by atoms with Gasteiger partial charge in [0.1, 0.15) is 6.61 Å². The average Bonchev–Trinajstić information content (AvgIpc) is 3.17. The van der Waals surface area contributed by atoms with Gasteiger partial charge >= 0.3 is 0 Å². The molecule has 3 aromatic rings. The summed E-state index contributed by atoms with van der Waals surface area (Å²) in [6, 6.07) is 14.7. The third kappa shape index (κ3) is 2.46. The Kier molecular flexibility index (Phi) is 3.69. The van der Waals surface area contributed by atoms with Gasteiger partial charge in [0.25, 0.3) is 0 Å². The number of hydrogen-bond donors (Lipinski definition) is 1. The third-order valence-electron chi connectivity index (χ3n) is 3.87. The van der Waals surface area contributed by atoms with Crippen LogP contribution in [0, 0.1) is 0 Å². The van der Waals surface area contributed by atoms with E-state index < -0.39 is 0 Å². The van der Waals surface area contributed by atoms with Crippen molar-refractivity contribution in [3.8, 4) is 16.3 Å². The Morgan fingerprint density at radius 3 is 2.78 bits per heavy atom. The number of nitrogens with two attached hydrogens (primary N) is 1. The standard InChI is InChI=1S/C19H16N2OS/c20-8-10-22-19-13(4-3-9-21-19)12-17-14-5-1-2-6-15(14)18-16(17)7-11-23-18/h1-7,9,11-12H,8,10,20H2/b17-12+. The molecule has 4 heteroatoms. The Morgan fingerprint density at radius 1 is 1.04 bits per heavy atom. The molecule has 3 nitrogen and oxygen atoms in total. The molecule has 2 N–H and O–H groups in total. The van der Waals surface area contributed by atoms with Crippen LogP contribution in [0.4, 0.5) is 0 Å². The molecule has 0 bridgehead atoms. The number of rotatable bonds is 4. The summed E-state index contributed by atoms with van der Waals surface area (Å²) < 4.78 is 5.68. The number of fused-ring (bicyclic) bond motifs is 3. The molecular weight excluding hydrogens is 304 g/mol. The summed E-state index contributed by atoms with van der Waals surface area (Å²) in [6.45, 7) is 0.942. The highest BCUT2D eigenvalue weighted by Gasteiger charge is 2.24. The number of benzene rings is 1. The molecule has 114 valence electrons. The Labute approximate surface area is 139 Å². The van der Waals surface area contributed by atoms with E-state index in [1.54, 1.807) is 17.5 Å². The van der Waals surface area contributed by atoms with Crippen LogP contribution < -0.4 is 10.5 Å². The predicted octanol–water partition coefficient (Wildman–Crippen LogP) is 4.05. The van der Waals surface area contributed by atoms with Gasteiger partial charge in [-0.25, -0.2) is 4.98 Å². The summed E-state index contributed by atoms with van der Waals surface area (Å²) in [6.07, 6.45) is 3.91.